The summed E-state index contributed by atoms with van der Waals surface area (Å²) in [5.41, 5.74) is 15.5. The summed E-state index contributed by atoms with van der Waals surface area (Å²) in [7, 11) is 0. The highest BCUT2D eigenvalue weighted by Crippen LogP contribution is 2.45. The number of carbonyl (C=O) groups is 1. The van der Waals surface area contributed by atoms with E-state index < -0.39 is 11.4 Å². The number of thiophene rings is 1. The van der Waals surface area contributed by atoms with Gasteiger partial charge in [0.1, 0.15) is 11.9 Å². The molecule has 0 unspecified atom stereocenters. The van der Waals surface area contributed by atoms with Crippen LogP contribution in [0.1, 0.15) is 48.3 Å². The lowest BCUT2D eigenvalue weighted by molar-refractivity contribution is 0.0731. The van der Waals surface area contributed by atoms with E-state index in [4.69, 9.17) is 5.73 Å². The van der Waals surface area contributed by atoms with Crippen LogP contribution in [0.5, 0.6) is 0 Å². The van der Waals surface area contributed by atoms with Crippen LogP contribution < -0.4 is 21.7 Å². The van der Waals surface area contributed by atoms with E-state index in [0.29, 0.717) is 17.0 Å². The molecule has 3 aromatic rings. The number of benzene rings is 2. The third kappa shape index (κ3) is 4.22. The van der Waals surface area contributed by atoms with Crippen LogP contribution in [0.25, 0.3) is 21.6 Å². The molecule has 3 aliphatic heterocycles. The molecule has 0 spiro atoms. The van der Waals surface area contributed by atoms with E-state index in [2.05, 4.69) is 11.0 Å². The Labute approximate surface area is 224 Å². The molecule has 2 fully saturated rings. The van der Waals surface area contributed by atoms with Gasteiger partial charge in [0.2, 0.25) is 0 Å². The van der Waals surface area contributed by atoms with Gasteiger partial charge in [-0.3, -0.25) is 9.80 Å². The van der Waals surface area contributed by atoms with Crippen molar-refractivity contribution < 1.29 is 14.3 Å². The van der Waals surface area contributed by atoms with Crippen molar-refractivity contribution in [3.63, 3.8) is 0 Å². The normalized spacial score (nSPS) is 21.9. The van der Waals surface area contributed by atoms with Crippen LogP contribution in [0.4, 0.5) is 15.8 Å². The van der Waals surface area contributed by atoms with Gasteiger partial charge in [-0.05, 0) is 74.6 Å². The van der Waals surface area contributed by atoms with Gasteiger partial charge in [-0.15, -0.1) is 16.9 Å². The number of β-amino-alcohol motifs (C(OH)–C–C–N with tert-alkyl or cyclic N) is 1. The van der Waals surface area contributed by atoms with Gasteiger partial charge in [0.15, 0.2) is 0 Å². The van der Waals surface area contributed by atoms with Crippen molar-refractivity contribution in [1.29, 1.82) is 5.26 Å². The Morgan fingerprint density at radius 2 is 2.03 bits per heavy atom. The van der Waals surface area contributed by atoms with E-state index in [1.165, 1.54) is 23.5 Å². The number of nitriles is 1. The number of nitrogens with two attached hydrogens (primary N) is 1. The van der Waals surface area contributed by atoms with E-state index in [1.807, 2.05) is 40.2 Å². The summed E-state index contributed by atoms with van der Waals surface area (Å²) in [4.78, 5) is 17.1. The maximum Gasteiger partial charge on any atom is 0.264 e. The molecule has 196 valence electrons. The summed E-state index contributed by atoms with van der Waals surface area (Å²) in [6.07, 6.45) is 2.72. The molecule has 4 heterocycles. The number of rotatable bonds is 5. The average Bonchev–Trinajstić information content (AvgIpc) is 3.64. The van der Waals surface area contributed by atoms with Gasteiger partial charge in [0.05, 0.1) is 34.0 Å². The average molecular weight is 533 g/mol. The maximum atomic E-state index is 14.6. The van der Waals surface area contributed by atoms with Crippen LogP contribution in [-0.2, 0) is 0 Å². The molecule has 2 saturated heterocycles. The second-order valence-electron chi connectivity index (χ2n) is 10.9. The Morgan fingerprint density at radius 3 is 2.68 bits per heavy atom. The largest absolute Gasteiger partial charge is 0.389 e. The Balaban J connectivity index is 1.41. The predicted octanol–water partition coefficient (Wildman–Crippen LogP) is 4.22. The summed E-state index contributed by atoms with van der Waals surface area (Å²) in [6.45, 7) is 3.86. The second-order valence-corrected chi connectivity index (χ2v) is 12.0. The zero-order chi connectivity index (χ0) is 26.8. The number of hydrogen-bond acceptors (Lipinski definition) is 8. The molecule has 2 aromatic carbocycles. The van der Waals surface area contributed by atoms with Gasteiger partial charge in [-0.1, -0.05) is 12.1 Å². The van der Waals surface area contributed by atoms with E-state index in [-0.39, 0.29) is 29.6 Å². The highest BCUT2D eigenvalue weighted by atomic mass is 32.1. The Morgan fingerprint density at radius 1 is 1.24 bits per heavy atom. The Bertz CT molecular complexity index is 1470. The number of anilines is 2. The van der Waals surface area contributed by atoms with Crippen LogP contribution in [-0.4, -0.2) is 46.2 Å². The molecule has 6 rings (SSSR count). The molecule has 10 heteroatoms. The molecule has 3 aliphatic rings. The molecule has 5 N–H and O–H groups in total. The zero-order valence-electron chi connectivity index (χ0n) is 21.2. The van der Waals surface area contributed by atoms with E-state index >= 15 is 0 Å². The lowest BCUT2D eigenvalue weighted by Gasteiger charge is -2.26. The number of amides is 1. The van der Waals surface area contributed by atoms with Gasteiger partial charge < -0.3 is 21.2 Å². The highest BCUT2D eigenvalue weighted by molar-refractivity contribution is 7.18. The van der Waals surface area contributed by atoms with Crippen molar-refractivity contribution in [3.8, 4) is 27.6 Å². The Hall–Kier alpha value is -3.49. The first-order chi connectivity index (χ1) is 18.1. The number of halogens is 1. The van der Waals surface area contributed by atoms with Crippen molar-refractivity contribution in [2.75, 3.05) is 17.0 Å². The second kappa shape index (κ2) is 9.06. The molecule has 3 atom stereocenters. The zero-order valence-corrected chi connectivity index (χ0v) is 22.0. The van der Waals surface area contributed by atoms with Gasteiger partial charge in [0, 0.05) is 28.6 Å². The van der Waals surface area contributed by atoms with Crippen LogP contribution in [0, 0.1) is 17.1 Å². The summed E-state index contributed by atoms with van der Waals surface area (Å²) >= 11 is 1.39. The maximum absolute atomic E-state index is 14.6. The lowest BCUT2D eigenvalue weighted by Crippen LogP contribution is -2.45. The minimum atomic E-state index is -0.900. The summed E-state index contributed by atoms with van der Waals surface area (Å²) < 4.78 is 14.6. The van der Waals surface area contributed by atoms with Crippen LogP contribution >= 0.6 is 11.3 Å². The first-order valence-corrected chi connectivity index (χ1v) is 13.5. The van der Waals surface area contributed by atoms with Crippen LogP contribution in [0.15, 0.2) is 42.5 Å². The number of fused-ring (bicyclic) bond motifs is 3. The quantitative estimate of drug-likeness (QED) is 0.389. The van der Waals surface area contributed by atoms with E-state index in [9.17, 15) is 19.6 Å². The SMILES string of the molecule is CC(C)(O)CN1NNc2cc(-c3sc(C(=O)N4[C@@H]5CC[C@H]4[C@@H](N)C5)cc3-c3ccc(C#N)c(F)c3)ccc21. The van der Waals surface area contributed by atoms with Gasteiger partial charge in [-0.2, -0.15) is 5.26 Å². The smallest absolute Gasteiger partial charge is 0.264 e. The number of aliphatic hydroxyl groups is 1. The molecule has 0 aliphatic carbocycles. The molecule has 2 bridgehead atoms. The minimum absolute atomic E-state index is 0.00588. The molecule has 1 amide bonds. The van der Waals surface area contributed by atoms with Gasteiger partial charge in [0.25, 0.3) is 5.91 Å². The number of carbonyl (C=O) groups excluding carboxylic acids is 1. The number of nitrogens with one attached hydrogen (secondary N) is 2. The standard InChI is InChI=1S/C28H29FN6O2S/c1-28(2,37)14-34-24-7-5-16(10-22(24)32-33-34)26-19(15-3-4-17(13-30)20(29)9-15)12-25(38-26)27(36)35-18-6-8-23(35)21(31)11-18/h3-5,7,9-10,12,18,21,23,32-33,37H,6,8,11,14,31H2,1-2H3/t18-,21+,23+/m1/s1. The summed E-state index contributed by atoms with van der Waals surface area (Å²) in [5.74, 6) is -0.630. The third-order valence-corrected chi connectivity index (χ3v) is 8.75. The molecular formula is C28H29FN6O2S. The fourth-order valence-corrected chi connectivity index (χ4v) is 7.01. The fraction of sp³-hybridized carbons (Fsp3) is 0.357. The number of hydrogen-bond donors (Lipinski definition) is 4. The van der Waals surface area contributed by atoms with Crippen molar-refractivity contribution in [2.24, 2.45) is 5.73 Å². The van der Waals surface area contributed by atoms with E-state index in [1.54, 1.807) is 19.9 Å². The van der Waals surface area contributed by atoms with Gasteiger partial charge in [-0.25, -0.2) is 4.39 Å². The van der Waals surface area contributed by atoms with Crippen molar-refractivity contribution in [1.82, 2.24) is 10.4 Å². The molecule has 0 radical (unpaired) electrons. The minimum Gasteiger partial charge on any atom is -0.389 e. The van der Waals surface area contributed by atoms with Gasteiger partial charge >= 0.3 is 0 Å². The fourth-order valence-electron chi connectivity index (χ4n) is 5.89. The summed E-state index contributed by atoms with van der Waals surface area (Å²) in [5, 5.41) is 21.3. The van der Waals surface area contributed by atoms with Crippen LogP contribution in [0.2, 0.25) is 0 Å². The molecule has 38 heavy (non-hydrogen) atoms. The third-order valence-electron chi connectivity index (χ3n) is 7.58. The van der Waals surface area contributed by atoms with Crippen molar-refractivity contribution >= 4 is 28.6 Å². The first kappa shape index (κ1) is 24.8. The molecule has 1 aromatic heterocycles. The van der Waals surface area contributed by atoms with E-state index in [0.717, 1.165) is 46.6 Å². The lowest BCUT2D eigenvalue weighted by atomic mass is 9.97. The number of nitrogens with zero attached hydrogens (tertiary/aromatic N) is 3. The summed E-state index contributed by atoms with van der Waals surface area (Å²) in [6, 6.07) is 14.4. The molecule has 8 nitrogen and oxygen atoms in total. The van der Waals surface area contributed by atoms with Crippen LogP contribution in [0.3, 0.4) is 0 Å². The predicted molar refractivity (Wildman–Crippen MR) is 146 cm³/mol. The number of hydrazine groups is 2. The molecule has 0 saturated carbocycles. The highest BCUT2D eigenvalue weighted by Gasteiger charge is 2.47. The van der Waals surface area contributed by atoms with Crippen molar-refractivity contribution in [3.05, 3.63) is 58.7 Å². The Kier molecular flexibility index (Phi) is 5.92. The molecular weight excluding hydrogens is 503 g/mol. The van der Waals surface area contributed by atoms with Crippen molar-refractivity contribution in [2.45, 2.75) is 56.8 Å². The monoisotopic (exact) mass is 532 g/mol. The topological polar surface area (TPSA) is 118 Å². The first-order valence-electron chi connectivity index (χ1n) is 12.7.